The number of halogens is 1. The first kappa shape index (κ1) is 21.8. The predicted molar refractivity (Wildman–Crippen MR) is 114 cm³/mol. The maximum Gasteiger partial charge on any atom is 0.330 e. The smallest absolute Gasteiger partial charge is 0.330 e. The standard InChI is InChI=1S/C22H23BrN2O5/c1-14(2)19(21(27)30-12-15-6-4-3-5-7-15)25-20(26)18(24-22(25)28)13-29-17-10-8-16(23)9-11-17/h3-11,14,18-19H,12-13H2,1-2H3,(H,24,28)/t18-,19+/m0/s1. The molecule has 2 atom stereocenters. The quantitative estimate of drug-likeness (QED) is 0.467. The van der Waals surface area contributed by atoms with Gasteiger partial charge in [0, 0.05) is 4.47 Å². The van der Waals surface area contributed by atoms with Gasteiger partial charge < -0.3 is 14.8 Å². The van der Waals surface area contributed by atoms with Gasteiger partial charge in [-0.25, -0.2) is 14.5 Å². The molecule has 3 amide bonds. The van der Waals surface area contributed by atoms with Crippen LogP contribution in [0.4, 0.5) is 4.79 Å². The number of carbonyl (C=O) groups is 3. The van der Waals surface area contributed by atoms with E-state index in [0.29, 0.717) is 5.75 Å². The third kappa shape index (κ3) is 5.18. The van der Waals surface area contributed by atoms with Crippen molar-refractivity contribution < 1.29 is 23.9 Å². The van der Waals surface area contributed by atoms with Gasteiger partial charge in [0.1, 0.15) is 31.0 Å². The Bertz CT molecular complexity index is 902. The van der Waals surface area contributed by atoms with Crippen LogP contribution in [0.3, 0.4) is 0 Å². The second kappa shape index (κ2) is 9.75. The first-order valence-electron chi connectivity index (χ1n) is 9.59. The summed E-state index contributed by atoms with van der Waals surface area (Å²) in [5.74, 6) is -0.866. The minimum absolute atomic E-state index is 0.0351. The monoisotopic (exact) mass is 474 g/mol. The van der Waals surface area contributed by atoms with Crippen molar-refractivity contribution in [3.05, 3.63) is 64.6 Å². The molecule has 3 rings (SSSR count). The normalized spacial score (nSPS) is 17.1. The number of imide groups is 1. The van der Waals surface area contributed by atoms with Gasteiger partial charge in [-0.1, -0.05) is 60.1 Å². The maximum absolute atomic E-state index is 12.9. The lowest BCUT2D eigenvalue weighted by Gasteiger charge is -2.26. The molecule has 1 N–H and O–H groups in total. The molecule has 1 saturated heterocycles. The number of benzene rings is 2. The van der Waals surface area contributed by atoms with Crippen LogP contribution in [0.1, 0.15) is 19.4 Å². The van der Waals surface area contributed by atoms with Crippen LogP contribution in [-0.2, 0) is 20.9 Å². The molecule has 158 valence electrons. The summed E-state index contributed by atoms with van der Waals surface area (Å²) in [5.41, 5.74) is 0.825. The van der Waals surface area contributed by atoms with E-state index in [4.69, 9.17) is 9.47 Å². The summed E-state index contributed by atoms with van der Waals surface area (Å²) < 4.78 is 11.9. The molecule has 7 nitrogen and oxygen atoms in total. The fourth-order valence-corrected chi connectivity index (χ4v) is 3.39. The number of nitrogens with zero attached hydrogens (tertiary/aromatic N) is 1. The highest BCUT2D eigenvalue weighted by molar-refractivity contribution is 9.10. The average Bonchev–Trinajstić information content (AvgIpc) is 3.00. The van der Waals surface area contributed by atoms with E-state index < -0.39 is 30.0 Å². The molecule has 0 aromatic heterocycles. The fourth-order valence-electron chi connectivity index (χ4n) is 3.12. The Labute approximate surface area is 183 Å². The third-order valence-electron chi connectivity index (χ3n) is 4.66. The number of urea groups is 1. The minimum Gasteiger partial charge on any atom is -0.491 e. The molecule has 0 radical (unpaired) electrons. The number of ether oxygens (including phenoxy) is 2. The molecule has 1 aliphatic rings. The second-order valence-corrected chi connectivity index (χ2v) is 8.17. The summed E-state index contributed by atoms with van der Waals surface area (Å²) in [5, 5.41) is 2.59. The number of amides is 3. The van der Waals surface area contributed by atoms with Crippen LogP contribution in [0.15, 0.2) is 59.1 Å². The molecule has 2 aromatic rings. The van der Waals surface area contributed by atoms with Gasteiger partial charge in [-0.2, -0.15) is 0 Å². The van der Waals surface area contributed by atoms with Crippen molar-refractivity contribution in [3.63, 3.8) is 0 Å². The molecule has 30 heavy (non-hydrogen) atoms. The van der Waals surface area contributed by atoms with E-state index in [0.717, 1.165) is 14.9 Å². The highest BCUT2D eigenvalue weighted by Crippen LogP contribution is 2.21. The van der Waals surface area contributed by atoms with E-state index >= 15 is 0 Å². The SMILES string of the molecule is CC(C)[C@H](C(=O)OCc1ccccc1)N1C(=O)N[C@@H](COc2ccc(Br)cc2)C1=O. The van der Waals surface area contributed by atoms with Crippen LogP contribution in [0, 0.1) is 5.92 Å². The summed E-state index contributed by atoms with van der Waals surface area (Å²) in [6.45, 7) is 3.57. The zero-order chi connectivity index (χ0) is 21.7. The van der Waals surface area contributed by atoms with E-state index in [1.54, 1.807) is 26.0 Å². The van der Waals surface area contributed by atoms with Gasteiger partial charge in [-0.3, -0.25) is 4.79 Å². The first-order chi connectivity index (χ1) is 14.4. The van der Waals surface area contributed by atoms with E-state index in [9.17, 15) is 14.4 Å². The van der Waals surface area contributed by atoms with Crippen LogP contribution >= 0.6 is 15.9 Å². The number of rotatable bonds is 8. The van der Waals surface area contributed by atoms with E-state index in [1.807, 2.05) is 42.5 Å². The molecule has 0 aliphatic carbocycles. The number of hydrogen-bond acceptors (Lipinski definition) is 5. The van der Waals surface area contributed by atoms with Crippen molar-refractivity contribution in [3.8, 4) is 5.75 Å². The summed E-state index contributed by atoms with van der Waals surface area (Å²) in [4.78, 5) is 39.0. The van der Waals surface area contributed by atoms with E-state index in [-0.39, 0.29) is 19.1 Å². The fraction of sp³-hybridized carbons (Fsp3) is 0.318. The van der Waals surface area contributed by atoms with Gasteiger partial charge in [-0.15, -0.1) is 0 Å². The Hall–Kier alpha value is -2.87. The Kier molecular flexibility index (Phi) is 7.10. The Morgan fingerprint density at radius 1 is 1.10 bits per heavy atom. The van der Waals surface area contributed by atoms with Crippen molar-refractivity contribution in [2.24, 2.45) is 5.92 Å². The van der Waals surface area contributed by atoms with Gasteiger partial charge >= 0.3 is 12.0 Å². The summed E-state index contributed by atoms with van der Waals surface area (Å²) in [6.07, 6.45) is 0. The average molecular weight is 475 g/mol. The van der Waals surface area contributed by atoms with Gasteiger partial charge in [0.2, 0.25) is 0 Å². The lowest BCUT2D eigenvalue weighted by molar-refractivity contribution is -0.155. The van der Waals surface area contributed by atoms with Crippen molar-refractivity contribution in [1.29, 1.82) is 0 Å². The number of hydrogen-bond donors (Lipinski definition) is 1. The molecule has 1 heterocycles. The third-order valence-corrected chi connectivity index (χ3v) is 5.19. The first-order valence-corrected chi connectivity index (χ1v) is 10.4. The highest BCUT2D eigenvalue weighted by Gasteiger charge is 2.46. The predicted octanol–water partition coefficient (Wildman–Crippen LogP) is 3.52. The molecule has 1 aliphatic heterocycles. The summed E-state index contributed by atoms with van der Waals surface area (Å²) >= 11 is 3.34. The Morgan fingerprint density at radius 2 is 1.77 bits per heavy atom. The Morgan fingerprint density at radius 3 is 2.40 bits per heavy atom. The maximum atomic E-state index is 12.9. The van der Waals surface area contributed by atoms with Crippen LogP contribution in [0.2, 0.25) is 0 Å². The van der Waals surface area contributed by atoms with Crippen molar-refractivity contribution in [2.75, 3.05) is 6.61 Å². The molecular weight excluding hydrogens is 452 g/mol. The molecular formula is C22H23BrN2O5. The van der Waals surface area contributed by atoms with Crippen molar-refractivity contribution in [1.82, 2.24) is 10.2 Å². The molecule has 0 bridgehead atoms. The summed E-state index contributed by atoms with van der Waals surface area (Å²) in [6, 6.07) is 13.8. The largest absolute Gasteiger partial charge is 0.491 e. The number of carbonyl (C=O) groups excluding carboxylic acids is 3. The number of nitrogens with one attached hydrogen (secondary N) is 1. The van der Waals surface area contributed by atoms with Crippen LogP contribution in [0.5, 0.6) is 5.75 Å². The molecule has 0 saturated carbocycles. The molecule has 8 heteroatoms. The summed E-state index contributed by atoms with van der Waals surface area (Å²) in [7, 11) is 0. The molecule has 2 aromatic carbocycles. The lowest BCUT2D eigenvalue weighted by Crippen LogP contribution is -2.49. The zero-order valence-electron chi connectivity index (χ0n) is 16.7. The highest BCUT2D eigenvalue weighted by atomic mass is 79.9. The molecule has 0 spiro atoms. The minimum atomic E-state index is -1.01. The van der Waals surface area contributed by atoms with Crippen LogP contribution in [0.25, 0.3) is 0 Å². The van der Waals surface area contributed by atoms with Crippen molar-refractivity contribution in [2.45, 2.75) is 32.5 Å². The van der Waals surface area contributed by atoms with Crippen LogP contribution in [-0.4, -0.2) is 41.5 Å². The van der Waals surface area contributed by atoms with E-state index in [2.05, 4.69) is 21.2 Å². The van der Waals surface area contributed by atoms with Crippen molar-refractivity contribution >= 4 is 33.8 Å². The molecule has 0 unspecified atom stereocenters. The van der Waals surface area contributed by atoms with Gasteiger partial charge in [0.15, 0.2) is 0 Å². The van der Waals surface area contributed by atoms with Gasteiger partial charge in [0.05, 0.1) is 0 Å². The topological polar surface area (TPSA) is 84.9 Å². The van der Waals surface area contributed by atoms with Crippen LogP contribution < -0.4 is 10.1 Å². The number of esters is 1. The van der Waals surface area contributed by atoms with E-state index in [1.165, 1.54) is 0 Å². The molecule has 1 fully saturated rings. The second-order valence-electron chi connectivity index (χ2n) is 7.26. The van der Waals surface area contributed by atoms with Gasteiger partial charge in [-0.05, 0) is 35.7 Å². The zero-order valence-corrected chi connectivity index (χ0v) is 18.3. The Balaban J connectivity index is 1.65. The lowest BCUT2D eigenvalue weighted by atomic mass is 10.0. The van der Waals surface area contributed by atoms with Gasteiger partial charge in [0.25, 0.3) is 5.91 Å².